The maximum absolute atomic E-state index is 13.6. The second-order valence-electron chi connectivity index (χ2n) is 12.1. The average Bonchev–Trinajstić information content (AvgIpc) is 3.26. The Morgan fingerprint density at radius 2 is 1.61 bits per heavy atom. The lowest BCUT2D eigenvalue weighted by atomic mass is 9.76. The Morgan fingerprint density at radius 1 is 0.932 bits per heavy atom. The van der Waals surface area contributed by atoms with Crippen LogP contribution < -0.4 is 4.90 Å². The molecule has 4 aromatic rings. The van der Waals surface area contributed by atoms with Crippen LogP contribution in [0.2, 0.25) is 5.02 Å². The number of nitrogens with zero attached hydrogens (tertiary/aromatic N) is 2. The van der Waals surface area contributed by atoms with E-state index in [1.54, 1.807) is 61.5 Å². The number of esters is 1. The molecule has 3 aromatic carbocycles. The first-order chi connectivity index (χ1) is 21.0. The van der Waals surface area contributed by atoms with Crippen LogP contribution in [0.3, 0.4) is 0 Å². The van der Waals surface area contributed by atoms with E-state index >= 15 is 0 Å². The predicted octanol–water partition coefficient (Wildman–Crippen LogP) is 7.53. The molecule has 2 fully saturated rings. The van der Waals surface area contributed by atoms with E-state index in [1.807, 2.05) is 26.0 Å². The number of benzene rings is 3. The van der Waals surface area contributed by atoms with Gasteiger partial charge in [-0.15, -0.1) is 0 Å². The normalized spacial score (nSPS) is 20.5. The zero-order valence-electron chi connectivity index (χ0n) is 25.1. The van der Waals surface area contributed by atoms with Crippen LogP contribution in [0.5, 0.6) is 0 Å². The number of halogens is 1. The molecule has 224 valence electrons. The SMILES string of the molecule is Cc1ccc(C(=O)C(C)OC(=O)c2cc(-c3ccc(N4C(=O)C5CCC(C)CC5C4=O)cc3)nc3c(C)c(Cl)ccc23)cc1. The van der Waals surface area contributed by atoms with Crippen molar-refractivity contribution in [3.63, 3.8) is 0 Å². The quantitative estimate of drug-likeness (QED) is 0.128. The topological polar surface area (TPSA) is 93.6 Å². The van der Waals surface area contributed by atoms with Crippen molar-refractivity contribution in [1.29, 1.82) is 0 Å². The Balaban J connectivity index is 1.32. The molecule has 1 saturated carbocycles. The van der Waals surface area contributed by atoms with E-state index in [4.69, 9.17) is 21.3 Å². The Kier molecular flexibility index (Phi) is 7.84. The highest BCUT2D eigenvalue weighted by Crippen LogP contribution is 2.42. The maximum atomic E-state index is 13.6. The molecular weight excluding hydrogens is 576 g/mol. The molecule has 0 N–H and O–H groups in total. The van der Waals surface area contributed by atoms with Gasteiger partial charge in [-0.3, -0.25) is 19.3 Å². The molecule has 8 heteroatoms. The van der Waals surface area contributed by atoms with Crippen molar-refractivity contribution in [1.82, 2.24) is 4.98 Å². The second kappa shape index (κ2) is 11.6. The number of ketones is 1. The molecule has 44 heavy (non-hydrogen) atoms. The summed E-state index contributed by atoms with van der Waals surface area (Å²) in [7, 11) is 0. The fourth-order valence-corrected chi connectivity index (χ4v) is 6.53. The van der Waals surface area contributed by atoms with Crippen molar-refractivity contribution in [2.45, 2.75) is 53.1 Å². The van der Waals surface area contributed by atoms with Crippen LogP contribution in [-0.2, 0) is 14.3 Å². The summed E-state index contributed by atoms with van der Waals surface area (Å²) in [5, 5.41) is 1.05. The van der Waals surface area contributed by atoms with Gasteiger partial charge in [0.2, 0.25) is 17.6 Å². The molecule has 2 amide bonds. The predicted molar refractivity (Wildman–Crippen MR) is 170 cm³/mol. The number of pyridine rings is 1. The van der Waals surface area contributed by atoms with E-state index in [0.29, 0.717) is 49.9 Å². The molecule has 4 unspecified atom stereocenters. The molecule has 2 heterocycles. The van der Waals surface area contributed by atoms with Gasteiger partial charge in [0.05, 0.1) is 34.3 Å². The highest BCUT2D eigenvalue weighted by atomic mass is 35.5. The molecule has 4 atom stereocenters. The van der Waals surface area contributed by atoms with E-state index in [2.05, 4.69) is 6.92 Å². The number of carbonyl (C=O) groups excluding carboxylic acids is 4. The molecule has 1 aromatic heterocycles. The van der Waals surface area contributed by atoms with Crippen LogP contribution in [-0.4, -0.2) is 34.7 Å². The van der Waals surface area contributed by atoms with E-state index in [0.717, 1.165) is 24.8 Å². The van der Waals surface area contributed by atoms with Crippen LogP contribution in [0.1, 0.15) is 65.0 Å². The minimum Gasteiger partial charge on any atom is -0.451 e. The first-order valence-corrected chi connectivity index (χ1v) is 15.3. The highest BCUT2D eigenvalue weighted by Gasteiger charge is 2.49. The van der Waals surface area contributed by atoms with E-state index < -0.39 is 12.1 Å². The molecule has 1 saturated heterocycles. The maximum Gasteiger partial charge on any atom is 0.339 e. The minimum atomic E-state index is -1.01. The van der Waals surface area contributed by atoms with Crippen molar-refractivity contribution in [2.75, 3.05) is 4.90 Å². The molecule has 6 rings (SSSR count). The number of imide groups is 1. The zero-order valence-corrected chi connectivity index (χ0v) is 25.9. The lowest BCUT2D eigenvalue weighted by Crippen LogP contribution is -2.30. The summed E-state index contributed by atoms with van der Waals surface area (Å²) in [6, 6.07) is 19.2. The summed E-state index contributed by atoms with van der Waals surface area (Å²) in [5.41, 5.74) is 4.66. The van der Waals surface area contributed by atoms with Crippen molar-refractivity contribution in [3.8, 4) is 11.3 Å². The van der Waals surface area contributed by atoms with Gasteiger partial charge in [0.15, 0.2) is 6.10 Å². The number of aryl methyl sites for hydroxylation is 2. The zero-order chi connectivity index (χ0) is 31.3. The van der Waals surface area contributed by atoms with Gasteiger partial charge in [-0.2, -0.15) is 0 Å². The van der Waals surface area contributed by atoms with Gasteiger partial charge in [0.25, 0.3) is 0 Å². The fourth-order valence-electron chi connectivity index (χ4n) is 6.38. The molecule has 0 spiro atoms. The van der Waals surface area contributed by atoms with Crippen molar-refractivity contribution in [3.05, 3.63) is 94.0 Å². The van der Waals surface area contributed by atoms with Crippen LogP contribution in [0.25, 0.3) is 22.2 Å². The standard InChI is InChI=1S/C36H33ClN2O5/c1-19-5-8-24(9-6-19)33(40)22(4)44-36(43)29-18-31(38-32-21(3)30(37)16-15-26(29)32)23-10-12-25(13-11-23)39-34(41)27-14-7-20(2)17-28(27)35(39)42/h5-6,8-13,15-16,18,20,22,27-28H,7,14,17H2,1-4H3. The second-order valence-corrected chi connectivity index (χ2v) is 12.5. The number of aromatic nitrogens is 1. The third kappa shape index (κ3) is 5.30. The summed E-state index contributed by atoms with van der Waals surface area (Å²) < 4.78 is 5.69. The van der Waals surface area contributed by atoms with Gasteiger partial charge >= 0.3 is 5.97 Å². The van der Waals surface area contributed by atoms with E-state index in [1.165, 1.54) is 4.90 Å². The van der Waals surface area contributed by atoms with Gasteiger partial charge in [0, 0.05) is 21.5 Å². The van der Waals surface area contributed by atoms with E-state index in [9.17, 15) is 19.2 Å². The Labute approximate surface area is 261 Å². The first-order valence-electron chi connectivity index (χ1n) is 14.9. The molecule has 7 nitrogen and oxygen atoms in total. The third-order valence-electron chi connectivity index (χ3n) is 8.99. The molecule has 0 radical (unpaired) electrons. The van der Waals surface area contributed by atoms with Crippen LogP contribution in [0.4, 0.5) is 5.69 Å². The van der Waals surface area contributed by atoms with E-state index in [-0.39, 0.29) is 35.0 Å². The molecule has 1 aliphatic heterocycles. The average molecular weight is 609 g/mol. The smallest absolute Gasteiger partial charge is 0.339 e. The number of hydrogen-bond donors (Lipinski definition) is 0. The van der Waals surface area contributed by atoms with Gasteiger partial charge in [-0.25, -0.2) is 9.78 Å². The van der Waals surface area contributed by atoms with Gasteiger partial charge in [0.1, 0.15) is 0 Å². The summed E-state index contributed by atoms with van der Waals surface area (Å²) >= 11 is 6.43. The number of Topliss-reactive ketones (excluding diaryl/α,β-unsaturated/α-hetero) is 1. The third-order valence-corrected chi connectivity index (χ3v) is 9.40. The molecule has 0 bridgehead atoms. The van der Waals surface area contributed by atoms with Gasteiger partial charge < -0.3 is 4.74 Å². The van der Waals surface area contributed by atoms with Gasteiger partial charge in [-0.05, 0) is 75.8 Å². The van der Waals surface area contributed by atoms with Crippen molar-refractivity contribution in [2.24, 2.45) is 17.8 Å². The Morgan fingerprint density at radius 3 is 2.32 bits per heavy atom. The number of fused-ring (bicyclic) bond motifs is 2. The van der Waals surface area contributed by atoms with Crippen molar-refractivity contribution >= 4 is 51.8 Å². The largest absolute Gasteiger partial charge is 0.451 e. The number of rotatable bonds is 6. The van der Waals surface area contributed by atoms with Crippen LogP contribution >= 0.6 is 11.6 Å². The number of anilines is 1. The molecular formula is C36H33ClN2O5. The Hall–Kier alpha value is -4.36. The van der Waals surface area contributed by atoms with Crippen LogP contribution in [0.15, 0.2) is 66.7 Å². The summed E-state index contributed by atoms with van der Waals surface area (Å²) in [5.74, 6) is -1.30. The number of ether oxygens (including phenoxy) is 1. The molecule has 2 aliphatic rings. The van der Waals surface area contributed by atoms with Crippen LogP contribution in [0, 0.1) is 31.6 Å². The first kappa shape index (κ1) is 29.7. The summed E-state index contributed by atoms with van der Waals surface area (Å²) in [6.07, 6.45) is 1.42. The monoisotopic (exact) mass is 608 g/mol. The number of hydrogen-bond acceptors (Lipinski definition) is 6. The summed E-state index contributed by atoms with van der Waals surface area (Å²) in [4.78, 5) is 59.2. The number of carbonyl (C=O) groups is 4. The fraction of sp³-hybridized carbons (Fsp3) is 0.306. The highest BCUT2D eigenvalue weighted by molar-refractivity contribution is 6.32. The van der Waals surface area contributed by atoms with Gasteiger partial charge in [-0.1, -0.05) is 66.6 Å². The lowest BCUT2D eigenvalue weighted by Gasteiger charge is -2.25. The molecule has 1 aliphatic carbocycles. The number of amides is 2. The lowest BCUT2D eigenvalue weighted by molar-refractivity contribution is -0.122. The summed E-state index contributed by atoms with van der Waals surface area (Å²) in [6.45, 7) is 7.45. The minimum absolute atomic E-state index is 0.131. The van der Waals surface area contributed by atoms with Crippen molar-refractivity contribution < 1.29 is 23.9 Å². The Bertz CT molecular complexity index is 1820.